The van der Waals surface area contributed by atoms with Gasteiger partial charge in [-0.15, -0.1) is 22.7 Å². The Morgan fingerprint density at radius 1 is 0.764 bits per heavy atom. The van der Waals surface area contributed by atoms with Gasteiger partial charge in [0.2, 0.25) is 0 Å². The fourth-order valence-corrected chi connectivity index (χ4v) is 9.85. The highest BCUT2D eigenvalue weighted by molar-refractivity contribution is 7.16. The zero-order valence-corrected chi connectivity index (χ0v) is 32.9. The molecule has 2 atom stereocenters. The van der Waals surface area contributed by atoms with E-state index in [1.165, 1.54) is 46.0 Å². The molecule has 0 spiro atoms. The number of anilines is 2. The van der Waals surface area contributed by atoms with Gasteiger partial charge in [0.1, 0.15) is 23.3 Å². The highest BCUT2D eigenvalue weighted by Crippen LogP contribution is 2.51. The summed E-state index contributed by atoms with van der Waals surface area (Å²) < 4.78 is 0. The molecule has 2 aromatic heterocycles. The molecule has 0 saturated heterocycles. The topological polar surface area (TPSA) is 125 Å². The Labute approximate surface area is 331 Å². The molecule has 0 amide bonds. The number of rotatable bonds is 17. The van der Waals surface area contributed by atoms with Crippen molar-refractivity contribution in [2.75, 3.05) is 4.90 Å². The number of unbranched alkanes of at least 4 members (excludes halogenated alkanes) is 6. The van der Waals surface area contributed by atoms with Crippen LogP contribution in [0.15, 0.2) is 90.0 Å². The van der Waals surface area contributed by atoms with E-state index in [4.69, 9.17) is 0 Å². The molecule has 0 bridgehead atoms. The third-order valence-electron chi connectivity index (χ3n) is 10.2. The van der Waals surface area contributed by atoms with Crippen molar-refractivity contribution in [2.24, 2.45) is 0 Å². The molecule has 1 aliphatic heterocycles. The van der Waals surface area contributed by atoms with Crippen LogP contribution in [0, 0.1) is 22.7 Å². The molecule has 280 valence electrons. The minimum atomic E-state index is -1.23. The smallest absolute Gasteiger partial charge is 0.346 e. The maximum Gasteiger partial charge on any atom is 0.346 e. The van der Waals surface area contributed by atoms with Gasteiger partial charge in [-0.25, -0.2) is 9.59 Å². The van der Waals surface area contributed by atoms with Crippen LogP contribution >= 0.6 is 22.7 Å². The first-order valence-corrected chi connectivity index (χ1v) is 20.7. The average molecular weight is 768 g/mol. The second kappa shape index (κ2) is 18.2. The van der Waals surface area contributed by atoms with Crippen molar-refractivity contribution >= 4 is 63.7 Å². The van der Waals surface area contributed by atoms with Crippen molar-refractivity contribution in [2.45, 2.75) is 90.0 Å². The van der Waals surface area contributed by atoms with Crippen LogP contribution in [0.1, 0.15) is 102 Å². The van der Waals surface area contributed by atoms with E-state index >= 15 is 0 Å². The van der Waals surface area contributed by atoms with Gasteiger partial charge >= 0.3 is 11.9 Å². The molecular formula is C46H45N3O4S2. The molecule has 2 N–H and O–H groups in total. The van der Waals surface area contributed by atoms with E-state index in [9.17, 15) is 30.3 Å². The van der Waals surface area contributed by atoms with Gasteiger partial charge < -0.3 is 15.1 Å². The Hall–Kier alpha value is -5.48. The van der Waals surface area contributed by atoms with Crippen LogP contribution in [-0.4, -0.2) is 28.2 Å². The number of aliphatic carboxylic acids is 2. The summed E-state index contributed by atoms with van der Waals surface area (Å²) in [6, 6.07) is 24.9. The molecule has 0 saturated carbocycles. The number of nitrogens with zero attached hydrogens (tertiary/aromatic N) is 3. The molecule has 2 aliphatic rings. The quantitative estimate of drug-likeness (QED) is 0.0622. The summed E-state index contributed by atoms with van der Waals surface area (Å²) in [5.41, 5.74) is 7.34. The van der Waals surface area contributed by atoms with Gasteiger partial charge in [-0.05, 0) is 102 Å². The first-order valence-electron chi connectivity index (χ1n) is 19.1. The molecule has 7 nitrogen and oxygen atoms in total. The van der Waals surface area contributed by atoms with Crippen LogP contribution < -0.4 is 4.90 Å². The van der Waals surface area contributed by atoms with Gasteiger partial charge in [-0.1, -0.05) is 94.9 Å². The van der Waals surface area contributed by atoms with Crippen molar-refractivity contribution in [1.82, 2.24) is 0 Å². The number of thiophene rings is 2. The van der Waals surface area contributed by atoms with Gasteiger partial charge in [0.25, 0.3) is 0 Å². The summed E-state index contributed by atoms with van der Waals surface area (Å²) in [6.45, 7) is 4.39. The number of allylic oxidation sites excluding steroid dienone is 2. The number of nitriles is 2. The van der Waals surface area contributed by atoms with Crippen LogP contribution in [0.25, 0.3) is 28.2 Å². The molecular weight excluding hydrogens is 723 g/mol. The molecule has 6 rings (SSSR count). The van der Waals surface area contributed by atoms with Crippen molar-refractivity contribution in [3.05, 3.63) is 121 Å². The number of aryl methyl sites for hydroxylation is 2. The lowest BCUT2D eigenvalue weighted by atomic mass is 9.86. The highest BCUT2D eigenvalue weighted by atomic mass is 32.1. The Morgan fingerprint density at radius 2 is 1.35 bits per heavy atom. The lowest BCUT2D eigenvalue weighted by Gasteiger charge is -2.29. The second-order valence-electron chi connectivity index (χ2n) is 14.1. The number of carbonyl (C=O) groups is 2. The Balaban J connectivity index is 1.45. The third-order valence-corrected chi connectivity index (χ3v) is 12.6. The second-order valence-corrected chi connectivity index (χ2v) is 16.2. The minimum Gasteiger partial charge on any atom is -0.477 e. The van der Waals surface area contributed by atoms with E-state index in [1.807, 2.05) is 24.3 Å². The molecule has 0 fully saturated rings. The van der Waals surface area contributed by atoms with Crippen molar-refractivity contribution in [1.29, 1.82) is 10.5 Å². The number of hydrogen-bond donors (Lipinski definition) is 2. The van der Waals surface area contributed by atoms with Crippen LogP contribution in [0.2, 0.25) is 0 Å². The molecule has 55 heavy (non-hydrogen) atoms. The lowest BCUT2D eigenvalue weighted by molar-refractivity contribution is -0.133. The Bertz CT molecular complexity index is 2260. The number of fused-ring (bicyclic) bond motifs is 3. The van der Waals surface area contributed by atoms with Crippen LogP contribution in [0.4, 0.5) is 11.4 Å². The summed E-state index contributed by atoms with van der Waals surface area (Å²) in [5.74, 6) is -2.45. The fourth-order valence-electron chi connectivity index (χ4n) is 7.54. The standard InChI is InChI=1S/C46H45N3O4S2/c1-3-5-7-10-14-30-22-37(24-34(28-47)45(50)51)54-43(30)32-18-20-41-39(26-32)40-27-33(19-21-42(40)49(41)36-16-12-9-13-17-36)44-31(15-11-8-6-4-2)23-38(55-44)25-35(29-48)46(52)53/h9,12-13,16-27,39,41H,3-8,10-11,14-15H2,1-2H3,(H,50,51)(H,52,53)/b34-24+,35-25+. The van der Waals surface area contributed by atoms with Crippen LogP contribution in [0.3, 0.4) is 0 Å². The average Bonchev–Trinajstić information content (AvgIpc) is 3.89. The summed E-state index contributed by atoms with van der Waals surface area (Å²) in [5, 5.41) is 38.2. The number of para-hydroxylation sites is 1. The number of benzene rings is 2. The van der Waals surface area contributed by atoms with Gasteiger partial charge in [0.15, 0.2) is 0 Å². The SMILES string of the molecule is CCCCCCc1cc(/C=C(\C#N)C(=O)O)sc1C1=CC2c3cc(-c4sc(/C=C(\C#N)C(=O)O)cc4CCCCCC)ccc3N(c3ccccc3)C2C=C1. The minimum absolute atomic E-state index is 0.0161. The number of carboxylic acid groups (broad SMARTS) is 2. The normalized spacial score (nSPS) is 16.3. The van der Waals surface area contributed by atoms with E-state index in [0.717, 1.165) is 112 Å². The molecule has 3 heterocycles. The summed E-state index contributed by atoms with van der Waals surface area (Å²) in [6.07, 6.45) is 20.4. The summed E-state index contributed by atoms with van der Waals surface area (Å²) in [4.78, 5) is 29.6. The van der Waals surface area contributed by atoms with E-state index < -0.39 is 11.9 Å². The number of hydrogen-bond acceptors (Lipinski definition) is 7. The predicted octanol–water partition coefficient (Wildman–Crippen LogP) is 12.0. The van der Waals surface area contributed by atoms with E-state index in [1.54, 1.807) is 0 Å². The monoisotopic (exact) mass is 767 g/mol. The maximum atomic E-state index is 11.7. The van der Waals surface area contributed by atoms with Gasteiger partial charge in [0.05, 0.1) is 6.04 Å². The zero-order valence-electron chi connectivity index (χ0n) is 31.3. The van der Waals surface area contributed by atoms with Crippen LogP contribution in [0.5, 0.6) is 0 Å². The Kier molecular flexibility index (Phi) is 13.0. The third kappa shape index (κ3) is 8.92. The molecule has 0 radical (unpaired) electrons. The predicted molar refractivity (Wildman–Crippen MR) is 224 cm³/mol. The van der Waals surface area contributed by atoms with Gasteiger partial charge in [-0.2, -0.15) is 10.5 Å². The first kappa shape index (κ1) is 39.2. The van der Waals surface area contributed by atoms with Gasteiger partial charge in [0, 0.05) is 36.8 Å². The number of carboxylic acids is 2. The van der Waals surface area contributed by atoms with Crippen molar-refractivity contribution in [3.63, 3.8) is 0 Å². The fraction of sp³-hybridized carbons (Fsp3) is 0.304. The highest BCUT2D eigenvalue weighted by Gasteiger charge is 2.39. The molecule has 2 aromatic carbocycles. The molecule has 4 aromatic rings. The molecule has 1 aliphatic carbocycles. The van der Waals surface area contributed by atoms with Crippen molar-refractivity contribution < 1.29 is 19.8 Å². The molecule has 2 unspecified atom stereocenters. The van der Waals surface area contributed by atoms with Crippen molar-refractivity contribution in [3.8, 4) is 22.6 Å². The van der Waals surface area contributed by atoms with E-state index in [0.29, 0.717) is 0 Å². The van der Waals surface area contributed by atoms with E-state index in [-0.39, 0.29) is 23.1 Å². The van der Waals surface area contributed by atoms with Crippen LogP contribution in [-0.2, 0) is 22.4 Å². The zero-order chi connectivity index (χ0) is 38.9. The summed E-state index contributed by atoms with van der Waals surface area (Å²) in [7, 11) is 0. The van der Waals surface area contributed by atoms with Gasteiger partial charge in [-0.3, -0.25) is 0 Å². The largest absolute Gasteiger partial charge is 0.477 e. The Morgan fingerprint density at radius 3 is 1.91 bits per heavy atom. The maximum absolute atomic E-state index is 11.7. The molecule has 9 heteroatoms. The summed E-state index contributed by atoms with van der Waals surface area (Å²) >= 11 is 3.06. The first-order chi connectivity index (χ1) is 26.8. The lowest BCUT2D eigenvalue weighted by Crippen LogP contribution is -2.28. The van der Waals surface area contributed by atoms with E-state index in [2.05, 4.69) is 85.5 Å².